The number of nitrogens with zero attached hydrogens (tertiary/aromatic N) is 2. The van der Waals surface area contributed by atoms with Gasteiger partial charge in [0.2, 0.25) is 11.8 Å². The third kappa shape index (κ3) is 7.71. The van der Waals surface area contributed by atoms with Crippen LogP contribution in [0.15, 0.2) is 30.7 Å². The molecule has 2 rings (SSSR count). The third-order valence-corrected chi connectivity index (χ3v) is 4.99. The second-order valence-corrected chi connectivity index (χ2v) is 8.87. The summed E-state index contributed by atoms with van der Waals surface area (Å²) in [6, 6.07) is 2.50. The molecule has 0 bridgehead atoms. The number of benzene rings is 1. The summed E-state index contributed by atoms with van der Waals surface area (Å²) in [5, 5.41) is 8.79. The van der Waals surface area contributed by atoms with Gasteiger partial charge in [-0.25, -0.2) is 13.8 Å². The van der Waals surface area contributed by atoms with E-state index in [0.29, 0.717) is 24.7 Å². The summed E-state index contributed by atoms with van der Waals surface area (Å²) in [6.45, 7) is 10.9. The number of rotatable bonds is 11. The molecule has 1 atom stereocenters. The van der Waals surface area contributed by atoms with E-state index in [-0.39, 0.29) is 17.5 Å². The minimum Gasteiger partial charge on any atom is -0.344 e. The fourth-order valence-electron chi connectivity index (χ4n) is 3.18. The first-order valence-electron chi connectivity index (χ1n) is 10.8. The molecule has 0 saturated heterocycles. The molecule has 0 unspecified atom stereocenters. The summed E-state index contributed by atoms with van der Waals surface area (Å²) in [6.07, 6.45) is 4.26. The standard InChI is InChI=1S/C23H33F2N5O2/c1-6-7-19(28-21(31)10-16-8-17(24)11-18(25)9-16)22(32)29-20-12-30(14-27-20)23(4,5)13-26-15(2)3/h8-9,11-12,14-15,19,26H,6-7,10,13H2,1-5H3,(H,28,31)(H,29,32)/t19-/m0/s1. The molecule has 9 heteroatoms. The molecule has 0 saturated carbocycles. The molecule has 1 aromatic heterocycles. The number of carbonyl (C=O) groups excluding carboxylic acids is 2. The highest BCUT2D eigenvalue weighted by atomic mass is 19.1. The maximum Gasteiger partial charge on any atom is 0.248 e. The number of aromatic nitrogens is 2. The summed E-state index contributed by atoms with van der Waals surface area (Å²) < 4.78 is 28.6. The van der Waals surface area contributed by atoms with Crippen LogP contribution in [0.5, 0.6) is 0 Å². The molecule has 32 heavy (non-hydrogen) atoms. The molecular formula is C23H33F2N5O2. The molecule has 0 aliphatic heterocycles. The van der Waals surface area contributed by atoms with Crippen LogP contribution in [0.25, 0.3) is 0 Å². The van der Waals surface area contributed by atoms with Crippen molar-refractivity contribution in [3.8, 4) is 0 Å². The molecule has 0 spiro atoms. The van der Waals surface area contributed by atoms with Crippen molar-refractivity contribution in [1.82, 2.24) is 20.2 Å². The minimum absolute atomic E-state index is 0.201. The molecule has 1 aromatic carbocycles. The fraction of sp³-hybridized carbons (Fsp3) is 0.522. The predicted octanol–water partition coefficient (Wildman–Crippen LogP) is 3.36. The van der Waals surface area contributed by atoms with E-state index in [9.17, 15) is 18.4 Å². The van der Waals surface area contributed by atoms with E-state index in [1.165, 1.54) is 0 Å². The van der Waals surface area contributed by atoms with Crippen molar-refractivity contribution in [3.63, 3.8) is 0 Å². The number of hydrogen-bond acceptors (Lipinski definition) is 4. The lowest BCUT2D eigenvalue weighted by molar-refractivity contribution is -0.126. The maximum atomic E-state index is 13.4. The SMILES string of the molecule is CCC[C@H](NC(=O)Cc1cc(F)cc(F)c1)C(=O)Nc1cn(C(C)(C)CNC(C)C)cn1. The van der Waals surface area contributed by atoms with Gasteiger partial charge in [-0.1, -0.05) is 27.2 Å². The van der Waals surface area contributed by atoms with E-state index >= 15 is 0 Å². The van der Waals surface area contributed by atoms with E-state index in [2.05, 4.69) is 48.6 Å². The van der Waals surface area contributed by atoms with Crippen LogP contribution in [0.4, 0.5) is 14.6 Å². The van der Waals surface area contributed by atoms with Crippen molar-refractivity contribution in [2.75, 3.05) is 11.9 Å². The topological polar surface area (TPSA) is 88.0 Å². The number of nitrogens with one attached hydrogen (secondary N) is 3. The van der Waals surface area contributed by atoms with Gasteiger partial charge in [0.05, 0.1) is 18.3 Å². The largest absolute Gasteiger partial charge is 0.344 e. The lowest BCUT2D eigenvalue weighted by atomic mass is 10.1. The Morgan fingerprint density at radius 1 is 1.16 bits per heavy atom. The van der Waals surface area contributed by atoms with Gasteiger partial charge in [0.15, 0.2) is 5.82 Å². The van der Waals surface area contributed by atoms with Crippen molar-refractivity contribution >= 4 is 17.6 Å². The Labute approximate surface area is 188 Å². The van der Waals surface area contributed by atoms with Crippen molar-refractivity contribution < 1.29 is 18.4 Å². The number of carbonyl (C=O) groups is 2. The number of anilines is 1. The predicted molar refractivity (Wildman–Crippen MR) is 120 cm³/mol. The number of halogens is 2. The highest BCUT2D eigenvalue weighted by Gasteiger charge is 2.24. The van der Waals surface area contributed by atoms with Crippen LogP contribution in [-0.2, 0) is 21.5 Å². The zero-order valence-corrected chi connectivity index (χ0v) is 19.3. The first kappa shape index (κ1) is 25.5. The summed E-state index contributed by atoms with van der Waals surface area (Å²) in [5.74, 6) is -2.00. The maximum absolute atomic E-state index is 13.4. The minimum atomic E-state index is -0.785. The summed E-state index contributed by atoms with van der Waals surface area (Å²) in [5.41, 5.74) is -0.0519. The average Bonchev–Trinajstić information content (AvgIpc) is 3.14. The summed E-state index contributed by atoms with van der Waals surface area (Å²) in [7, 11) is 0. The molecule has 0 fully saturated rings. The van der Waals surface area contributed by atoms with Crippen LogP contribution >= 0.6 is 0 Å². The van der Waals surface area contributed by atoms with Gasteiger partial charge in [-0.05, 0) is 38.0 Å². The molecule has 176 valence electrons. The molecular weight excluding hydrogens is 416 g/mol. The van der Waals surface area contributed by atoms with Gasteiger partial charge in [0.25, 0.3) is 0 Å². The van der Waals surface area contributed by atoms with Crippen LogP contribution in [0.1, 0.15) is 53.0 Å². The van der Waals surface area contributed by atoms with Crippen molar-refractivity contribution in [2.24, 2.45) is 0 Å². The van der Waals surface area contributed by atoms with Gasteiger partial charge in [-0.3, -0.25) is 9.59 Å². The van der Waals surface area contributed by atoms with E-state index in [1.807, 2.05) is 11.5 Å². The van der Waals surface area contributed by atoms with Crippen molar-refractivity contribution in [3.05, 3.63) is 47.9 Å². The zero-order valence-electron chi connectivity index (χ0n) is 19.3. The first-order chi connectivity index (χ1) is 15.0. The highest BCUT2D eigenvalue weighted by molar-refractivity contribution is 5.96. The summed E-state index contributed by atoms with van der Waals surface area (Å²) >= 11 is 0. The molecule has 0 aliphatic carbocycles. The Bertz CT molecular complexity index is 907. The average molecular weight is 450 g/mol. The molecule has 0 radical (unpaired) electrons. The Morgan fingerprint density at radius 3 is 2.41 bits per heavy atom. The van der Waals surface area contributed by atoms with E-state index in [1.54, 1.807) is 12.5 Å². The fourth-order valence-corrected chi connectivity index (χ4v) is 3.18. The van der Waals surface area contributed by atoms with Crippen LogP contribution in [0.2, 0.25) is 0 Å². The quantitative estimate of drug-likeness (QED) is 0.491. The van der Waals surface area contributed by atoms with Gasteiger partial charge in [-0.15, -0.1) is 0 Å². The Morgan fingerprint density at radius 2 is 1.81 bits per heavy atom. The highest BCUT2D eigenvalue weighted by Crippen LogP contribution is 2.17. The van der Waals surface area contributed by atoms with Gasteiger partial charge < -0.3 is 20.5 Å². The lowest BCUT2D eigenvalue weighted by Crippen LogP contribution is -2.44. The van der Waals surface area contributed by atoms with E-state index in [0.717, 1.165) is 24.7 Å². The van der Waals surface area contributed by atoms with Gasteiger partial charge >= 0.3 is 0 Å². The number of hydrogen-bond donors (Lipinski definition) is 3. The number of imidazole rings is 1. The monoisotopic (exact) mass is 449 g/mol. The van der Waals surface area contributed by atoms with Gasteiger partial charge in [0, 0.05) is 24.8 Å². The second-order valence-electron chi connectivity index (χ2n) is 8.87. The van der Waals surface area contributed by atoms with Gasteiger partial charge in [0.1, 0.15) is 17.7 Å². The zero-order chi connectivity index (χ0) is 23.9. The van der Waals surface area contributed by atoms with E-state index in [4.69, 9.17) is 0 Å². The summed E-state index contributed by atoms with van der Waals surface area (Å²) in [4.78, 5) is 29.4. The number of amides is 2. The van der Waals surface area contributed by atoms with Gasteiger partial charge in [-0.2, -0.15) is 0 Å². The Hall–Kier alpha value is -2.81. The van der Waals surface area contributed by atoms with Crippen LogP contribution in [-0.4, -0.2) is 40.0 Å². The molecule has 7 nitrogen and oxygen atoms in total. The smallest absolute Gasteiger partial charge is 0.248 e. The molecule has 2 aromatic rings. The van der Waals surface area contributed by atoms with Crippen LogP contribution in [0.3, 0.4) is 0 Å². The van der Waals surface area contributed by atoms with Crippen molar-refractivity contribution in [1.29, 1.82) is 0 Å². The molecule has 0 aliphatic rings. The van der Waals surface area contributed by atoms with Crippen LogP contribution < -0.4 is 16.0 Å². The van der Waals surface area contributed by atoms with Crippen molar-refractivity contribution in [2.45, 2.75) is 71.5 Å². The Balaban J connectivity index is 2.01. The van der Waals surface area contributed by atoms with Crippen LogP contribution in [0, 0.1) is 11.6 Å². The lowest BCUT2D eigenvalue weighted by Gasteiger charge is -2.28. The molecule has 1 heterocycles. The first-order valence-corrected chi connectivity index (χ1v) is 10.8. The normalized spacial score (nSPS) is 12.6. The Kier molecular flexibility index (Phi) is 8.89. The molecule has 3 N–H and O–H groups in total. The third-order valence-electron chi connectivity index (χ3n) is 4.99. The molecule has 2 amide bonds. The van der Waals surface area contributed by atoms with E-state index < -0.39 is 29.5 Å². The second kappa shape index (κ2) is 11.2.